The Bertz CT molecular complexity index is 658. The number of nitrogens with one attached hydrogen (secondary N) is 2. The Kier molecular flexibility index (Phi) is 5.80. The smallest absolute Gasteiger partial charge is 0.125 e. The molecular formula is C19H27ClFN3. The standard InChI is InChI=1S/C19H26FN3.ClH/c20-15-3-4-17-18(13-22-19(17)12-15)14-5-9-23(10-6-14)11-7-16-2-1-8-21-16;/h3-4,12-14,16,21-22H,1-2,5-11H2;1H/t16-;/m0./s1. The largest absolute Gasteiger partial charge is 0.361 e. The first-order chi connectivity index (χ1) is 11.3. The van der Waals surface area contributed by atoms with Gasteiger partial charge in [-0.3, -0.25) is 0 Å². The fourth-order valence-corrected chi connectivity index (χ4v) is 4.27. The van der Waals surface area contributed by atoms with Gasteiger partial charge in [0.1, 0.15) is 5.82 Å². The Balaban J connectivity index is 0.00000169. The van der Waals surface area contributed by atoms with Crippen molar-refractivity contribution in [3.05, 3.63) is 35.8 Å². The van der Waals surface area contributed by atoms with E-state index in [1.807, 2.05) is 6.07 Å². The molecule has 0 spiro atoms. The molecule has 3 nitrogen and oxygen atoms in total. The molecule has 0 aliphatic carbocycles. The summed E-state index contributed by atoms with van der Waals surface area (Å²) >= 11 is 0. The zero-order chi connectivity index (χ0) is 15.6. The molecule has 2 saturated heterocycles. The van der Waals surface area contributed by atoms with Crippen molar-refractivity contribution in [1.29, 1.82) is 0 Å². The van der Waals surface area contributed by atoms with Crippen LogP contribution in [0.15, 0.2) is 24.4 Å². The third-order valence-corrected chi connectivity index (χ3v) is 5.66. The van der Waals surface area contributed by atoms with Gasteiger partial charge in [-0.15, -0.1) is 12.4 Å². The normalized spacial score (nSPS) is 22.8. The maximum absolute atomic E-state index is 13.3. The molecule has 2 N–H and O–H groups in total. The third kappa shape index (κ3) is 3.76. The predicted molar refractivity (Wildman–Crippen MR) is 99.6 cm³/mol. The van der Waals surface area contributed by atoms with Crippen LogP contribution >= 0.6 is 12.4 Å². The maximum Gasteiger partial charge on any atom is 0.125 e. The van der Waals surface area contributed by atoms with E-state index >= 15 is 0 Å². The predicted octanol–water partition coefficient (Wildman–Crippen LogP) is 4.05. The van der Waals surface area contributed by atoms with Crippen molar-refractivity contribution >= 4 is 23.3 Å². The van der Waals surface area contributed by atoms with Gasteiger partial charge in [0.2, 0.25) is 0 Å². The van der Waals surface area contributed by atoms with E-state index < -0.39 is 0 Å². The Morgan fingerprint density at radius 3 is 2.75 bits per heavy atom. The van der Waals surface area contributed by atoms with Crippen LogP contribution < -0.4 is 5.32 Å². The number of likely N-dealkylation sites (tertiary alicyclic amines) is 1. The molecule has 0 saturated carbocycles. The topological polar surface area (TPSA) is 31.1 Å². The Morgan fingerprint density at radius 1 is 1.17 bits per heavy atom. The summed E-state index contributed by atoms with van der Waals surface area (Å²) in [6.45, 7) is 4.80. The van der Waals surface area contributed by atoms with E-state index in [1.165, 1.54) is 69.2 Å². The van der Waals surface area contributed by atoms with Crippen LogP contribution in [0.3, 0.4) is 0 Å². The lowest BCUT2D eigenvalue weighted by Crippen LogP contribution is -2.36. The number of aromatic amines is 1. The number of benzene rings is 1. The molecule has 3 heterocycles. The molecule has 0 bridgehead atoms. The lowest BCUT2D eigenvalue weighted by molar-refractivity contribution is 0.204. The fourth-order valence-electron chi connectivity index (χ4n) is 4.27. The molecule has 2 fully saturated rings. The van der Waals surface area contributed by atoms with Gasteiger partial charge in [0.15, 0.2) is 0 Å². The number of fused-ring (bicyclic) bond motifs is 1. The SMILES string of the molecule is Cl.Fc1ccc2c(C3CCN(CC[C@@H]4CCCN4)CC3)c[nH]c2c1. The quantitative estimate of drug-likeness (QED) is 0.870. The molecule has 132 valence electrons. The first-order valence-corrected chi connectivity index (χ1v) is 9.02. The van der Waals surface area contributed by atoms with Crippen molar-refractivity contribution in [2.24, 2.45) is 0 Å². The van der Waals surface area contributed by atoms with Crippen LogP contribution in [-0.4, -0.2) is 42.1 Å². The molecule has 1 aromatic heterocycles. The monoisotopic (exact) mass is 351 g/mol. The fraction of sp³-hybridized carbons (Fsp3) is 0.579. The average Bonchev–Trinajstić information content (AvgIpc) is 3.22. The first-order valence-electron chi connectivity index (χ1n) is 9.02. The summed E-state index contributed by atoms with van der Waals surface area (Å²) in [5.74, 6) is 0.441. The van der Waals surface area contributed by atoms with Crippen LogP contribution in [-0.2, 0) is 0 Å². The molecule has 5 heteroatoms. The molecular weight excluding hydrogens is 325 g/mol. The second kappa shape index (κ2) is 7.85. The van der Waals surface area contributed by atoms with Crippen LogP contribution in [0.5, 0.6) is 0 Å². The Labute approximate surface area is 149 Å². The summed E-state index contributed by atoms with van der Waals surface area (Å²) in [5, 5.41) is 4.79. The molecule has 1 atom stereocenters. The first kappa shape index (κ1) is 17.7. The highest BCUT2D eigenvalue weighted by Crippen LogP contribution is 2.33. The zero-order valence-corrected chi connectivity index (χ0v) is 14.9. The van der Waals surface area contributed by atoms with E-state index in [9.17, 15) is 4.39 Å². The van der Waals surface area contributed by atoms with Crippen LogP contribution in [0.25, 0.3) is 10.9 Å². The second-order valence-electron chi connectivity index (χ2n) is 7.13. The molecule has 2 aromatic rings. The van der Waals surface area contributed by atoms with Crippen molar-refractivity contribution in [2.75, 3.05) is 26.2 Å². The van der Waals surface area contributed by atoms with E-state index in [-0.39, 0.29) is 18.2 Å². The van der Waals surface area contributed by atoms with E-state index in [1.54, 1.807) is 12.1 Å². The van der Waals surface area contributed by atoms with Gasteiger partial charge < -0.3 is 15.2 Å². The van der Waals surface area contributed by atoms with Gasteiger partial charge in [-0.05, 0) is 88.0 Å². The Morgan fingerprint density at radius 2 is 2.00 bits per heavy atom. The number of rotatable bonds is 4. The van der Waals surface area contributed by atoms with E-state index in [0.29, 0.717) is 5.92 Å². The zero-order valence-electron chi connectivity index (χ0n) is 14.1. The summed E-state index contributed by atoms with van der Waals surface area (Å²) < 4.78 is 13.3. The van der Waals surface area contributed by atoms with Crippen LogP contribution in [0.2, 0.25) is 0 Å². The highest BCUT2D eigenvalue weighted by atomic mass is 35.5. The number of hydrogen-bond acceptors (Lipinski definition) is 2. The Hall–Kier alpha value is -1.10. The summed E-state index contributed by atoms with van der Waals surface area (Å²) in [5.41, 5.74) is 2.30. The maximum atomic E-state index is 13.3. The van der Waals surface area contributed by atoms with Gasteiger partial charge in [-0.1, -0.05) is 0 Å². The van der Waals surface area contributed by atoms with Gasteiger partial charge in [0, 0.05) is 23.1 Å². The molecule has 24 heavy (non-hydrogen) atoms. The molecule has 2 aliphatic rings. The van der Waals surface area contributed by atoms with Crippen molar-refractivity contribution in [2.45, 2.75) is 44.1 Å². The number of hydrogen-bond donors (Lipinski definition) is 2. The second-order valence-corrected chi connectivity index (χ2v) is 7.13. The van der Waals surface area contributed by atoms with Crippen molar-refractivity contribution in [3.63, 3.8) is 0 Å². The molecule has 0 radical (unpaired) electrons. The minimum atomic E-state index is -0.166. The van der Waals surface area contributed by atoms with Gasteiger partial charge in [-0.25, -0.2) is 4.39 Å². The number of H-pyrrole nitrogens is 1. The van der Waals surface area contributed by atoms with E-state index in [2.05, 4.69) is 21.4 Å². The summed E-state index contributed by atoms with van der Waals surface area (Å²) in [7, 11) is 0. The van der Waals surface area contributed by atoms with Gasteiger partial charge in [0.25, 0.3) is 0 Å². The lowest BCUT2D eigenvalue weighted by atomic mass is 9.89. The van der Waals surface area contributed by atoms with E-state index in [0.717, 1.165) is 11.6 Å². The van der Waals surface area contributed by atoms with Crippen molar-refractivity contribution < 1.29 is 4.39 Å². The van der Waals surface area contributed by atoms with Gasteiger partial charge in [-0.2, -0.15) is 0 Å². The number of nitrogens with zero attached hydrogens (tertiary/aromatic N) is 1. The van der Waals surface area contributed by atoms with Crippen molar-refractivity contribution in [3.8, 4) is 0 Å². The third-order valence-electron chi connectivity index (χ3n) is 5.66. The number of aromatic nitrogens is 1. The van der Waals surface area contributed by atoms with Crippen LogP contribution in [0, 0.1) is 5.82 Å². The van der Waals surface area contributed by atoms with E-state index in [4.69, 9.17) is 0 Å². The average molecular weight is 352 g/mol. The summed E-state index contributed by atoms with van der Waals surface area (Å²) in [6.07, 6.45) is 8.49. The molecule has 4 rings (SSSR count). The lowest BCUT2D eigenvalue weighted by Gasteiger charge is -2.32. The summed E-state index contributed by atoms with van der Waals surface area (Å²) in [4.78, 5) is 5.85. The molecule has 0 amide bonds. The number of piperidine rings is 1. The molecule has 1 aromatic carbocycles. The van der Waals surface area contributed by atoms with Crippen molar-refractivity contribution in [1.82, 2.24) is 15.2 Å². The highest BCUT2D eigenvalue weighted by molar-refractivity contribution is 5.85. The van der Waals surface area contributed by atoms with Crippen LogP contribution in [0.4, 0.5) is 4.39 Å². The van der Waals surface area contributed by atoms with Gasteiger partial charge >= 0.3 is 0 Å². The van der Waals surface area contributed by atoms with Gasteiger partial charge in [0.05, 0.1) is 0 Å². The molecule has 0 unspecified atom stereocenters. The minimum Gasteiger partial charge on any atom is -0.361 e. The van der Waals surface area contributed by atoms with Crippen LogP contribution in [0.1, 0.15) is 43.6 Å². The summed E-state index contributed by atoms with van der Waals surface area (Å²) in [6, 6.07) is 5.84. The number of halogens is 2. The highest BCUT2D eigenvalue weighted by Gasteiger charge is 2.23. The molecule has 2 aliphatic heterocycles. The minimum absolute atomic E-state index is 0.